The molecule has 0 heterocycles. The standard InChI is InChI=1S/C11H15BrFNO/c1-8(14-4-5-15)6-9-2-3-10(12)11(13)7-9/h2-3,7-8,14-15H,4-6H2,1H3. The molecule has 1 unspecified atom stereocenters. The van der Waals surface area contributed by atoms with Crippen molar-refractivity contribution in [2.75, 3.05) is 13.2 Å². The second-order valence-corrected chi connectivity index (χ2v) is 4.39. The predicted octanol–water partition coefficient (Wildman–Crippen LogP) is 2.10. The second kappa shape index (κ2) is 6.20. The van der Waals surface area contributed by atoms with Crippen molar-refractivity contribution < 1.29 is 9.50 Å². The fourth-order valence-corrected chi connectivity index (χ4v) is 1.65. The van der Waals surface area contributed by atoms with Gasteiger partial charge in [-0.25, -0.2) is 4.39 Å². The van der Waals surface area contributed by atoms with Crippen LogP contribution in [0, 0.1) is 5.82 Å². The van der Waals surface area contributed by atoms with Crippen LogP contribution in [0.1, 0.15) is 12.5 Å². The number of hydrogen-bond acceptors (Lipinski definition) is 2. The van der Waals surface area contributed by atoms with Gasteiger partial charge in [-0.2, -0.15) is 0 Å². The predicted molar refractivity (Wildman–Crippen MR) is 62.4 cm³/mol. The summed E-state index contributed by atoms with van der Waals surface area (Å²) in [6, 6.07) is 5.37. The van der Waals surface area contributed by atoms with Crippen molar-refractivity contribution in [3.63, 3.8) is 0 Å². The summed E-state index contributed by atoms with van der Waals surface area (Å²) in [4.78, 5) is 0. The molecule has 15 heavy (non-hydrogen) atoms. The Morgan fingerprint density at radius 1 is 1.53 bits per heavy atom. The molecule has 0 aliphatic rings. The van der Waals surface area contributed by atoms with Crippen LogP contribution >= 0.6 is 15.9 Å². The Morgan fingerprint density at radius 3 is 2.87 bits per heavy atom. The summed E-state index contributed by atoms with van der Waals surface area (Å²) in [6.45, 7) is 2.70. The summed E-state index contributed by atoms with van der Waals surface area (Å²) < 4.78 is 13.7. The van der Waals surface area contributed by atoms with E-state index in [-0.39, 0.29) is 18.5 Å². The van der Waals surface area contributed by atoms with Gasteiger partial charge >= 0.3 is 0 Å². The van der Waals surface area contributed by atoms with E-state index in [2.05, 4.69) is 21.2 Å². The number of aliphatic hydroxyl groups excluding tert-OH is 1. The lowest BCUT2D eigenvalue weighted by Gasteiger charge is -2.12. The number of rotatable bonds is 5. The highest BCUT2D eigenvalue weighted by Gasteiger charge is 2.05. The number of benzene rings is 1. The van der Waals surface area contributed by atoms with Gasteiger partial charge in [0.2, 0.25) is 0 Å². The summed E-state index contributed by atoms with van der Waals surface area (Å²) in [6.07, 6.45) is 0.754. The van der Waals surface area contributed by atoms with Crippen LogP contribution in [0.2, 0.25) is 0 Å². The Hall–Kier alpha value is -0.450. The zero-order chi connectivity index (χ0) is 11.3. The van der Waals surface area contributed by atoms with Gasteiger partial charge in [-0.1, -0.05) is 6.07 Å². The van der Waals surface area contributed by atoms with Crippen LogP contribution in [-0.2, 0) is 6.42 Å². The molecule has 2 N–H and O–H groups in total. The van der Waals surface area contributed by atoms with Gasteiger partial charge in [-0.15, -0.1) is 0 Å². The minimum atomic E-state index is -0.234. The highest BCUT2D eigenvalue weighted by atomic mass is 79.9. The van der Waals surface area contributed by atoms with Gasteiger partial charge < -0.3 is 10.4 Å². The molecule has 0 amide bonds. The van der Waals surface area contributed by atoms with E-state index in [4.69, 9.17) is 5.11 Å². The van der Waals surface area contributed by atoms with E-state index < -0.39 is 0 Å². The molecule has 1 atom stereocenters. The second-order valence-electron chi connectivity index (χ2n) is 3.53. The van der Waals surface area contributed by atoms with E-state index in [0.29, 0.717) is 11.0 Å². The van der Waals surface area contributed by atoms with Gasteiger partial charge in [0.05, 0.1) is 11.1 Å². The Labute approximate surface area is 97.6 Å². The van der Waals surface area contributed by atoms with Gasteiger partial charge in [0.25, 0.3) is 0 Å². The molecule has 4 heteroatoms. The topological polar surface area (TPSA) is 32.3 Å². The van der Waals surface area contributed by atoms with E-state index >= 15 is 0 Å². The summed E-state index contributed by atoms with van der Waals surface area (Å²) >= 11 is 3.11. The average Bonchev–Trinajstić information content (AvgIpc) is 2.20. The van der Waals surface area contributed by atoms with Crippen molar-refractivity contribution in [3.8, 4) is 0 Å². The maximum absolute atomic E-state index is 13.2. The molecule has 1 rings (SSSR count). The Morgan fingerprint density at radius 2 is 2.27 bits per heavy atom. The third-order valence-electron chi connectivity index (χ3n) is 2.13. The SMILES string of the molecule is CC(Cc1ccc(Br)c(F)c1)NCCO. The average molecular weight is 276 g/mol. The fraction of sp³-hybridized carbons (Fsp3) is 0.455. The zero-order valence-corrected chi connectivity index (χ0v) is 10.2. The van der Waals surface area contributed by atoms with Gasteiger partial charge in [-0.3, -0.25) is 0 Å². The number of nitrogens with one attached hydrogen (secondary N) is 1. The van der Waals surface area contributed by atoms with Gasteiger partial charge in [0.1, 0.15) is 5.82 Å². The maximum Gasteiger partial charge on any atom is 0.137 e. The van der Waals surface area contributed by atoms with Crippen molar-refractivity contribution in [2.24, 2.45) is 0 Å². The normalized spacial score (nSPS) is 12.8. The minimum absolute atomic E-state index is 0.124. The Balaban J connectivity index is 2.53. The molecule has 0 fully saturated rings. The monoisotopic (exact) mass is 275 g/mol. The molecule has 1 aromatic carbocycles. The molecule has 2 nitrogen and oxygen atoms in total. The summed E-state index contributed by atoms with van der Waals surface area (Å²) in [7, 11) is 0. The number of aliphatic hydroxyl groups is 1. The first-order valence-electron chi connectivity index (χ1n) is 4.91. The molecule has 0 spiro atoms. The Bertz CT molecular complexity index is 319. The first-order valence-corrected chi connectivity index (χ1v) is 5.71. The first kappa shape index (κ1) is 12.6. The van der Waals surface area contributed by atoms with Crippen molar-refractivity contribution >= 4 is 15.9 Å². The molecule has 0 saturated carbocycles. The van der Waals surface area contributed by atoms with E-state index in [1.165, 1.54) is 6.07 Å². The molecular weight excluding hydrogens is 261 g/mol. The number of halogens is 2. The van der Waals surface area contributed by atoms with E-state index in [0.717, 1.165) is 12.0 Å². The van der Waals surface area contributed by atoms with Crippen LogP contribution in [0.3, 0.4) is 0 Å². The van der Waals surface area contributed by atoms with Crippen LogP contribution < -0.4 is 5.32 Å². The van der Waals surface area contributed by atoms with E-state index in [9.17, 15) is 4.39 Å². The quantitative estimate of drug-likeness (QED) is 0.863. The summed E-state index contributed by atoms with van der Waals surface area (Å²) in [5, 5.41) is 11.8. The molecule has 84 valence electrons. The zero-order valence-electron chi connectivity index (χ0n) is 8.63. The van der Waals surface area contributed by atoms with E-state index in [1.807, 2.05) is 13.0 Å². The van der Waals surface area contributed by atoms with Crippen molar-refractivity contribution in [2.45, 2.75) is 19.4 Å². The van der Waals surface area contributed by atoms with Crippen LogP contribution in [0.15, 0.2) is 22.7 Å². The van der Waals surface area contributed by atoms with Crippen LogP contribution in [-0.4, -0.2) is 24.3 Å². The van der Waals surface area contributed by atoms with Gasteiger partial charge in [0, 0.05) is 12.6 Å². The summed E-state index contributed by atoms with van der Waals surface area (Å²) in [5.74, 6) is -0.234. The van der Waals surface area contributed by atoms with Gasteiger partial charge in [0.15, 0.2) is 0 Å². The molecule has 0 aliphatic heterocycles. The Kier molecular flexibility index (Phi) is 5.22. The molecular formula is C11H15BrFNO. The highest BCUT2D eigenvalue weighted by molar-refractivity contribution is 9.10. The molecule has 0 aromatic heterocycles. The molecule has 0 saturated heterocycles. The fourth-order valence-electron chi connectivity index (χ4n) is 1.40. The largest absolute Gasteiger partial charge is 0.395 e. The third-order valence-corrected chi connectivity index (χ3v) is 2.77. The van der Waals surface area contributed by atoms with Crippen LogP contribution in [0.4, 0.5) is 4.39 Å². The molecule has 0 bridgehead atoms. The van der Waals surface area contributed by atoms with Crippen molar-refractivity contribution in [1.29, 1.82) is 0 Å². The minimum Gasteiger partial charge on any atom is -0.395 e. The highest BCUT2D eigenvalue weighted by Crippen LogP contribution is 2.17. The molecule has 0 aliphatic carbocycles. The molecule has 0 radical (unpaired) electrons. The lowest BCUT2D eigenvalue weighted by atomic mass is 10.1. The summed E-state index contributed by atoms with van der Waals surface area (Å²) in [5.41, 5.74) is 0.952. The first-order chi connectivity index (χ1) is 7.13. The third kappa shape index (κ3) is 4.28. The molecule has 1 aromatic rings. The smallest absolute Gasteiger partial charge is 0.137 e. The lowest BCUT2D eigenvalue weighted by molar-refractivity contribution is 0.285. The lowest BCUT2D eigenvalue weighted by Crippen LogP contribution is -2.30. The van der Waals surface area contributed by atoms with E-state index in [1.54, 1.807) is 6.07 Å². The van der Waals surface area contributed by atoms with Crippen molar-refractivity contribution in [3.05, 3.63) is 34.1 Å². The maximum atomic E-state index is 13.2. The number of hydrogen-bond donors (Lipinski definition) is 2. The van der Waals surface area contributed by atoms with Crippen molar-refractivity contribution in [1.82, 2.24) is 5.32 Å². The van der Waals surface area contributed by atoms with Crippen LogP contribution in [0.5, 0.6) is 0 Å². The van der Waals surface area contributed by atoms with Gasteiger partial charge in [-0.05, 0) is 47.0 Å². The van der Waals surface area contributed by atoms with Crippen LogP contribution in [0.25, 0.3) is 0 Å².